The third-order valence-electron chi connectivity index (χ3n) is 3.68. The van der Waals surface area contributed by atoms with Gasteiger partial charge in [-0.1, -0.05) is 19.1 Å². The average molecular weight is 247 g/mol. The molecule has 1 aliphatic rings. The number of hydrogen-bond acceptors (Lipinski definition) is 3. The summed E-state index contributed by atoms with van der Waals surface area (Å²) in [5, 5.41) is 2.93. The maximum Gasteiger partial charge on any atom is 0.237 e. The summed E-state index contributed by atoms with van der Waals surface area (Å²) in [6.07, 6.45) is 0.838. The summed E-state index contributed by atoms with van der Waals surface area (Å²) in [4.78, 5) is 14.1. The average Bonchev–Trinajstić information content (AvgIpc) is 2.38. The molecule has 4 nitrogen and oxygen atoms in total. The zero-order valence-corrected chi connectivity index (χ0v) is 11.0. The highest BCUT2D eigenvalue weighted by atomic mass is 16.2. The summed E-state index contributed by atoms with van der Waals surface area (Å²) < 4.78 is 0. The molecule has 1 fully saturated rings. The van der Waals surface area contributed by atoms with E-state index in [0.29, 0.717) is 0 Å². The molecule has 3 N–H and O–H groups in total. The van der Waals surface area contributed by atoms with Crippen molar-refractivity contribution in [3.8, 4) is 0 Å². The number of nitrogens with one attached hydrogen (secondary N) is 1. The minimum Gasteiger partial charge on any atom is -0.399 e. The van der Waals surface area contributed by atoms with Crippen molar-refractivity contribution in [3.05, 3.63) is 29.8 Å². The SMILES string of the molecule is CCC1C(=O)NCCN1C(C)c1ccc(N)cc1. The van der Waals surface area contributed by atoms with Gasteiger partial charge in [-0.25, -0.2) is 0 Å². The maximum absolute atomic E-state index is 11.9. The molecule has 2 atom stereocenters. The zero-order valence-electron chi connectivity index (χ0n) is 11.0. The van der Waals surface area contributed by atoms with Gasteiger partial charge in [0.05, 0.1) is 6.04 Å². The van der Waals surface area contributed by atoms with E-state index in [2.05, 4.69) is 24.1 Å². The van der Waals surface area contributed by atoms with Crippen molar-refractivity contribution in [2.45, 2.75) is 32.4 Å². The molecule has 18 heavy (non-hydrogen) atoms. The Morgan fingerprint density at radius 3 is 2.72 bits per heavy atom. The van der Waals surface area contributed by atoms with Crippen LogP contribution in [-0.4, -0.2) is 29.9 Å². The van der Waals surface area contributed by atoms with Crippen LogP contribution >= 0.6 is 0 Å². The van der Waals surface area contributed by atoms with E-state index in [9.17, 15) is 4.79 Å². The van der Waals surface area contributed by atoms with E-state index >= 15 is 0 Å². The molecular formula is C14H21N3O. The first-order chi connectivity index (χ1) is 8.63. The highest BCUT2D eigenvalue weighted by Crippen LogP contribution is 2.25. The number of anilines is 1. The Labute approximate surface area is 108 Å². The van der Waals surface area contributed by atoms with Crippen LogP contribution in [0.15, 0.2) is 24.3 Å². The lowest BCUT2D eigenvalue weighted by molar-refractivity contribution is -0.130. The van der Waals surface area contributed by atoms with Crippen LogP contribution in [0.4, 0.5) is 5.69 Å². The predicted octanol–water partition coefficient (Wildman–Crippen LogP) is 1.54. The molecule has 0 bridgehead atoms. The molecule has 0 aliphatic carbocycles. The van der Waals surface area contributed by atoms with Gasteiger partial charge in [-0.3, -0.25) is 9.69 Å². The van der Waals surface area contributed by atoms with Gasteiger partial charge in [0.25, 0.3) is 0 Å². The molecule has 1 aliphatic heterocycles. The van der Waals surface area contributed by atoms with Crippen LogP contribution in [0.3, 0.4) is 0 Å². The first-order valence-corrected chi connectivity index (χ1v) is 6.52. The van der Waals surface area contributed by atoms with Gasteiger partial charge in [0.15, 0.2) is 0 Å². The number of piperazine rings is 1. The molecular weight excluding hydrogens is 226 g/mol. The summed E-state index contributed by atoms with van der Waals surface area (Å²) in [6.45, 7) is 5.83. The molecule has 2 rings (SSSR count). The number of carbonyl (C=O) groups is 1. The first kappa shape index (κ1) is 12.9. The summed E-state index contributed by atoms with van der Waals surface area (Å²) in [7, 11) is 0. The number of nitrogen functional groups attached to an aromatic ring is 1. The van der Waals surface area contributed by atoms with Gasteiger partial charge >= 0.3 is 0 Å². The first-order valence-electron chi connectivity index (χ1n) is 6.52. The Morgan fingerprint density at radius 1 is 1.44 bits per heavy atom. The number of hydrogen-bond donors (Lipinski definition) is 2. The smallest absolute Gasteiger partial charge is 0.237 e. The van der Waals surface area contributed by atoms with Crippen LogP contribution in [0.2, 0.25) is 0 Å². The second kappa shape index (κ2) is 5.40. The number of nitrogens with two attached hydrogens (primary N) is 1. The summed E-state index contributed by atoms with van der Waals surface area (Å²) in [6, 6.07) is 8.12. The van der Waals surface area contributed by atoms with Crippen molar-refractivity contribution in [2.24, 2.45) is 0 Å². The lowest BCUT2D eigenvalue weighted by Crippen LogP contribution is -2.55. The number of benzene rings is 1. The van der Waals surface area contributed by atoms with Crippen molar-refractivity contribution >= 4 is 11.6 Å². The van der Waals surface area contributed by atoms with E-state index in [1.807, 2.05) is 24.3 Å². The minimum absolute atomic E-state index is 0.0219. The van der Waals surface area contributed by atoms with Gasteiger partial charge < -0.3 is 11.1 Å². The quantitative estimate of drug-likeness (QED) is 0.797. The highest BCUT2D eigenvalue weighted by molar-refractivity contribution is 5.82. The fourth-order valence-electron chi connectivity index (χ4n) is 2.58. The maximum atomic E-state index is 11.9. The van der Waals surface area contributed by atoms with Gasteiger partial charge in [-0.2, -0.15) is 0 Å². The molecule has 4 heteroatoms. The molecule has 98 valence electrons. The zero-order chi connectivity index (χ0) is 13.1. The third kappa shape index (κ3) is 2.48. The minimum atomic E-state index is -0.0219. The van der Waals surface area contributed by atoms with E-state index in [1.54, 1.807) is 0 Å². The van der Waals surface area contributed by atoms with Gasteiger partial charge in [-0.15, -0.1) is 0 Å². The number of amides is 1. The van der Waals surface area contributed by atoms with E-state index < -0.39 is 0 Å². The molecule has 1 aromatic carbocycles. The van der Waals surface area contributed by atoms with E-state index in [1.165, 1.54) is 5.56 Å². The van der Waals surface area contributed by atoms with Gasteiger partial charge in [0.2, 0.25) is 5.91 Å². The number of carbonyl (C=O) groups excluding carboxylic acids is 1. The molecule has 1 aromatic rings. The van der Waals surface area contributed by atoms with E-state index in [4.69, 9.17) is 5.73 Å². The fraction of sp³-hybridized carbons (Fsp3) is 0.500. The van der Waals surface area contributed by atoms with Gasteiger partial charge in [0, 0.05) is 24.8 Å². The molecule has 0 aromatic heterocycles. The molecule has 0 spiro atoms. The van der Waals surface area contributed by atoms with Gasteiger partial charge in [-0.05, 0) is 31.0 Å². The van der Waals surface area contributed by atoms with Crippen molar-refractivity contribution in [2.75, 3.05) is 18.8 Å². The molecule has 2 unspecified atom stereocenters. The van der Waals surface area contributed by atoms with Crippen LogP contribution < -0.4 is 11.1 Å². The van der Waals surface area contributed by atoms with Crippen molar-refractivity contribution in [1.29, 1.82) is 0 Å². The Balaban J connectivity index is 2.18. The van der Waals surface area contributed by atoms with Crippen LogP contribution in [0.25, 0.3) is 0 Å². The second-order valence-electron chi connectivity index (χ2n) is 4.80. The van der Waals surface area contributed by atoms with Crippen molar-refractivity contribution in [3.63, 3.8) is 0 Å². The van der Waals surface area contributed by atoms with Crippen LogP contribution in [0.5, 0.6) is 0 Å². The fourth-order valence-corrected chi connectivity index (χ4v) is 2.58. The Hall–Kier alpha value is -1.55. The Morgan fingerprint density at radius 2 is 2.11 bits per heavy atom. The third-order valence-corrected chi connectivity index (χ3v) is 3.68. The molecule has 1 saturated heterocycles. The normalized spacial score (nSPS) is 22.6. The molecule has 0 saturated carbocycles. The van der Waals surface area contributed by atoms with Crippen LogP contribution in [0.1, 0.15) is 31.9 Å². The van der Waals surface area contributed by atoms with Crippen LogP contribution in [0, 0.1) is 0 Å². The van der Waals surface area contributed by atoms with Crippen molar-refractivity contribution < 1.29 is 4.79 Å². The largest absolute Gasteiger partial charge is 0.399 e. The monoisotopic (exact) mass is 247 g/mol. The van der Waals surface area contributed by atoms with Crippen LogP contribution in [-0.2, 0) is 4.79 Å². The second-order valence-corrected chi connectivity index (χ2v) is 4.80. The van der Waals surface area contributed by atoms with Crippen molar-refractivity contribution in [1.82, 2.24) is 10.2 Å². The summed E-state index contributed by atoms with van der Waals surface area (Å²) >= 11 is 0. The molecule has 1 heterocycles. The summed E-state index contributed by atoms with van der Waals surface area (Å²) in [5.74, 6) is 0.144. The Bertz CT molecular complexity index is 416. The standard InChI is InChI=1S/C14H21N3O/c1-3-13-14(18)16-8-9-17(13)10(2)11-4-6-12(15)7-5-11/h4-7,10,13H,3,8-9,15H2,1-2H3,(H,16,18). The number of nitrogens with zero attached hydrogens (tertiary/aromatic N) is 1. The predicted molar refractivity (Wildman–Crippen MR) is 73.1 cm³/mol. The lowest BCUT2D eigenvalue weighted by Gasteiger charge is -2.39. The van der Waals surface area contributed by atoms with Gasteiger partial charge in [0.1, 0.15) is 0 Å². The van der Waals surface area contributed by atoms with E-state index in [-0.39, 0.29) is 18.0 Å². The van der Waals surface area contributed by atoms with E-state index in [0.717, 1.165) is 25.2 Å². The lowest BCUT2D eigenvalue weighted by atomic mass is 10.0. The molecule has 0 radical (unpaired) electrons. The number of rotatable bonds is 3. The Kier molecular flexibility index (Phi) is 3.87. The highest BCUT2D eigenvalue weighted by Gasteiger charge is 2.31. The summed E-state index contributed by atoms with van der Waals surface area (Å²) in [5.41, 5.74) is 7.68. The molecule has 1 amide bonds. The topological polar surface area (TPSA) is 58.4 Å².